The number of carbonyl (C=O) groups is 1. The molecule has 0 spiro atoms. The average Bonchev–Trinajstić information content (AvgIpc) is 2.67. The molecule has 0 aromatic heterocycles. The third-order valence-electron chi connectivity index (χ3n) is 4.59. The molecule has 7 heteroatoms. The Labute approximate surface area is 151 Å². The van der Waals surface area contributed by atoms with Crippen LogP contribution in [0.25, 0.3) is 0 Å². The summed E-state index contributed by atoms with van der Waals surface area (Å²) in [6, 6.07) is 5.59. The van der Waals surface area contributed by atoms with E-state index in [1.807, 2.05) is 45.9 Å². The maximum atomic E-state index is 11.9. The van der Waals surface area contributed by atoms with Crippen LogP contribution in [0.5, 0.6) is 0 Å². The minimum Gasteiger partial charge on any atom is -0.469 e. The molecule has 1 saturated heterocycles. The van der Waals surface area contributed by atoms with Gasteiger partial charge in [-0.15, -0.1) is 0 Å². The third kappa shape index (κ3) is 3.93. The molecule has 2 rings (SSSR count). The average molecular weight is 404 g/mol. The summed E-state index contributed by atoms with van der Waals surface area (Å²) in [5.41, 5.74) is -0.0572. The standard InChI is InChI=1S/C16H21BBrClO4/c1-15(2)16(3,4)23-17(22-15)11(9-14(20)21-5)10-6-7-12(18)13(19)8-10/h6-8,11H,9H2,1-5H3. The predicted molar refractivity (Wildman–Crippen MR) is 94.6 cm³/mol. The van der Waals surface area contributed by atoms with Gasteiger partial charge in [-0.1, -0.05) is 17.7 Å². The molecule has 0 radical (unpaired) electrons. The molecule has 1 atom stereocenters. The summed E-state index contributed by atoms with van der Waals surface area (Å²) in [5, 5.41) is 0.578. The highest BCUT2D eigenvalue weighted by Crippen LogP contribution is 2.42. The number of carbonyl (C=O) groups excluding carboxylic acids is 1. The summed E-state index contributed by atoms with van der Waals surface area (Å²) in [7, 11) is 0.828. The van der Waals surface area contributed by atoms with Gasteiger partial charge in [-0.2, -0.15) is 0 Å². The van der Waals surface area contributed by atoms with E-state index in [4.69, 9.17) is 25.6 Å². The van der Waals surface area contributed by atoms with Crippen molar-refractivity contribution in [3.63, 3.8) is 0 Å². The number of esters is 1. The summed E-state index contributed by atoms with van der Waals surface area (Å²) in [5.74, 6) is -0.613. The summed E-state index contributed by atoms with van der Waals surface area (Å²) < 4.78 is 17.8. The molecule has 1 aromatic carbocycles. The van der Waals surface area contributed by atoms with E-state index in [0.717, 1.165) is 10.0 Å². The molecule has 126 valence electrons. The normalized spacial score (nSPS) is 20.4. The second-order valence-electron chi connectivity index (χ2n) is 6.69. The van der Waals surface area contributed by atoms with Crippen LogP contribution >= 0.6 is 27.5 Å². The van der Waals surface area contributed by atoms with Gasteiger partial charge in [0.15, 0.2) is 0 Å². The van der Waals surface area contributed by atoms with Gasteiger partial charge in [0.2, 0.25) is 0 Å². The number of benzene rings is 1. The lowest BCUT2D eigenvalue weighted by Crippen LogP contribution is -2.41. The molecule has 1 heterocycles. The molecule has 0 N–H and O–H groups in total. The summed E-state index contributed by atoms with van der Waals surface area (Å²) in [6.07, 6.45) is 0.158. The topological polar surface area (TPSA) is 44.8 Å². The van der Waals surface area contributed by atoms with Crippen LogP contribution in [-0.4, -0.2) is 31.4 Å². The zero-order chi connectivity index (χ0) is 17.4. The highest BCUT2D eigenvalue weighted by atomic mass is 79.9. The summed E-state index contributed by atoms with van der Waals surface area (Å²) in [4.78, 5) is 11.9. The number of hydrogen-bond acceptors (Lipinski definition) is 4. The van der Waals surface area contributed by atoms with Crippen molar-refractivity contribution < 1.29 is 18.8 Å². The lowest BCUT2D eigenvalue weighted by atomic mass is 9.66. The lowest BCUT2D eigenvalue weighted by Gasteiger charge is -2.32. The van der Waals surface area contributed by atoms with E-state index < -0.39 is 18.3 Å². The fourth-order valence-electron chi connectivity index (χ4n) is 2.43. The van der Waals surface area contributed by atoms with Gasteiger partial charge in [-0.25, -0.2) is 0 Å². The van der Waals surface area contributed by atoms with Crippen LogP contribution in [0.1, 0.15) is 45.5 Å². The first-order chi connectivity index (χ1) is 10.6. The van der Waals surface area contributed by atoms with Gasteiger partial charge in [0.25, 0.3) is 0 Å². The van der Waals surface area contributed by atoms with Crippen molar-refractivity contribution >= 4 is 40.6 Å². The van der Waals surface area contributed by atoms with Crippen LogP contribution in [0, 0.1) is 0 Å². The van der Waals surface area contributed by atoms with Gasteiger partial charge in [0.1, 0.15) is 0 Å². The molecular weight excluding hydrogens is 382 g/mol. The first-order valence-corrected chi connectivity index (χ1v) is 8.62. The fraction of sp³-hybridized carbons (Fsp3) is 0.562. The monoisotopic (exact) mass is 402 g/mol. The van der Waals surface area contributed by atoms with Crippen LogP contribution in [-0.2, 0) is 18.8 Å². The Hall–Kier alpha value is -0.555. The van der Waals surface area contributed by atoms with Crippen molar-refractivity contribution in [2.24, 2.45) is 0 Å². The van der Waals surface area contributed by atoms with Crippen molar-refractivity contribution in [3.8, 4) is 0 Å². The van der Waals surface area contributed by atoms with Gasteiger partial charge in [-0.3, -0.25) is 4.79 Å². The molecule has 4 nitrogen and oxygen atoms in total. The van der Waals surface area contributed by atoms with E-state index in [0.29, 0.717) is 5.02 Å². The number of methoxy groups -OCH3 is 1. The Bertz CT molecular complexity index is 590. The molecule has 0 aliphatic carbocycles. The summed E-state index contributed by atoms with van der Waals surface area (Å²) in [6.45, 7) is 7.93. The van der Waals surface area contributed by atoms with E-state index in [9.17, 15) is 4.79 Å². The largest absolute Gasteiger partial charge is 0.469 e. The van der Waals surface area contributed by atoms with Crippen LogP contribution in [0.2, 0.25) is 5.02 Å². The zero-order valence-electron chi connectivity index (χ0n) is 14.0. The molecule has 1 fully saturated rings. The number of ether oxygens (including phenoxy) is 1. The van der Waals surface area contributed by atoms with Crippen molar-refractivity contribution in [3.05, 3.63) is 33.3 Å². The molecular formula is C16H21BBrClO4. The van der Waals surface area contributed by atoms with Gasteiger partial charge < -0.3 is 14.0 Å². The van der Waals surface area contributed by atoms with E-state index in [-0.39, 0.29) is 18.2 Å². The molecule has 1 aliphatic heterocycles. The zero-order valence-corrected chi connectivity index (χ0v) is 16.3. The summed E-state index contributed by atoms with van der Waals surface area (Å²) >= 11 is 9.58. The number of rotatable bonds is 4. The van der Waals surface area contributed by atoms with Crippen molar-refractivity contribution in [2.45, 2.75) is 51.1 Å². The minimum absolute atomic E-state index is 0.158. The Morgan fingerprint density at radius 2 is 1.87 bits per heavy atom. The fourth-order valence-corrected chi connectivity index (χ4v) is 2.87. The molecule has 0 saturated carbocycles. The van der Waals surface area contributed by atoms with E-state index in [1.54, 1.807) is 0 Å². The second-order valence-corrected chi connectivity index (χ2v) is 7.95. The molecule has 0 bridgehead atoms. The molecule has 23 heavy (non-hydrogen) atoms. The van der Waals surface area contributed by atoms with Crippen LogP contribution < -0.4 is 0 Å². The van der Waals surface area contributed by atoms with Crippen LogP contribution in [0.3, 0.4) is 0 Å². The van der Waals surface area contributed by atoms with Gasteiger partial charge in [0.05, 0.1) is 29.8 Å². The van der Waals surface area contributed by atoms with E-state index in [2.05, 4.69) is 15.9 Å². The first kappa shape index (κ1) is 18.8. The Kier molecular flexibility index (Phi) is 5.51. The molecule has 1 unspecified atom stereocenters. The molecule has 1 aromatic rings. The van der Waals surface area contributed by atoms with Crippen molar-refractivity contribution in [2.75, 3.05) is 7.11 Å². The Morgan fingerprint density at radius 3 is 2.35 bits per heavy atom. The first-order valence-electron chi connectivity index (χ1n) is 7.45. The predicted octanol–water partition coefficient (Wildman–Crippen LogP) is 4.38. The van der Waals surface area contributed by atoms with Gasteiger partial charge >= 0.3 is 13.1 Å². The lowest BCUT2D eigenvalue weighted by molar-refractivity contribution is -0.140. The maximum absolute atomic E-state index is 11.9. The highest BCUT2D eigenvalue weighted by Gasteiger charge is 2.54. The van der Waals surface area contributed by atoms with Crippen LogP contribution in [0.4, 0.5) is 0 Å². The number of halogens is 2. The number of hydrogen-bond donors (Lipinski definition) is 0. The van der Waals surface area contributed by atoms with Gasteiger partial charge in [-0.05, 0) is 61.3 Å². The maximum Gasteiger partial charge on any atom is 0.466 e. The minimum atomic E-state index is -0.545. The third-order valence-corrected chi connectivity index (χ3v) is 5.82. The van der Waals surface area contributed by atoms with E-state index in [1.165, 1.54) is 7.11 Å². The highest BCUT2D eigenvalue weighted by molar-refractivity contribution is 9.10. The quantitative estimate of drug-likeness (QED) is 0.553. The Balaban J connectivity index is 2.35. The van der Waals surface area contributed by atoms with Gasteiger partial charge in [0, 0.05) is 10.3 Å². The second kappa shape index (κ2) is 6.75. The SMILES string of the molecule is COC(=O)CC(B1OC(C)(C)C(C)(C)O1)c1ccc(Br)c(Cl)c1. The smallest absolute Gasteiger partial charge is 0.466 e. The van der Waals surface area contributed by atoms with E-state index >= 15 is 0 Å². The molecule has 1 aliphatic rings. The molecule has 0 amide bonds. The van der Waals surface area contributed by atoms with Crippen LogP contribution in [0.15, 0.2) is 22.7 Å². The van der Waals surface area contributed by atoms with Crippen molar-refractivity contribution in [1.29, 1.82) is 0 Å². The van der Waals surface area contributed by atoms with Crippen molar-refractivity contribution in [1.82, 2.24) is 0 Å². The Morgan fingerprint density at radius 1 is 1.30 bits per heavy atom.